The lowest BCUT2D eigenvalue weighted by molar-refractivity contribution is 0.789. The van der Waals surface area contributed by atoms with Crippen LogP contribution in [0.5, 0.6) is 0 Å². The van der Waals surface area contributed by atoms with Crippen molar-refractivity contribution >= 4 is 5.95 Å². The molecule has 2 aromatic rings. The Bertz CT molecular complexity index is 527. The van der Waals surface area contributed by atoms with Crippen LogP contribution in [-0.2, 0) is 12.8 Å². The SMILES string of the molecule is CCc1nnc(NC(C)c2ccncc2)nc1CC. The van der Waals surface area contributed by atoms with E-state index in [1.165, 1.54) is 0 Å². The summed E-state index contributed by atoms with van der Waals surface area (Å²) in [6.45, 7) is 6.22. The second-order valence-electron chi connectivity index (χ2n) is 4.38. The number of aryl methyl sites for hydroxylation is 2. The Balaban J connectivity index is 2.15. The van der Waals surface area contributed by atoms with Crippen molar-refractivity contribution in [2.75, 3.05) is 5.32 Å². The molecule has 5 heteroatoms. The molecule has 0 radical (unpaired) electrons. The summed E-state index contributed by atoms with van der Waals surface area (Å²) in [4.78, 5) is 8.54. The van der Waals surface area contributed by atoms with Crippen molar-refractivity contribution in [3.63, 3.8) is 0 Å². The number of aromatic nitrogens is 4. The number of rotatable bonds is 5. The molecule has 0 spiro atoms. The van der Waals surface area contributed by atoms with Crippen LogP contribution >= 0.6 is 0 Å². The molecule has 0 bridgehead atoms. The van der Waals surface area contributed by atoms with Crippen molar-refractivity contribution < 1.29 is 0 Å². The smallest absolute Gasteiger partial charge is 0.243 e. The van der Waals surface area contributed by atoms with Crippen LogP contribution in [0.1, 0.15) is 43.8 Å². The van der Waals surface area contributed by atoms with Crippen LogP contribution in [0.4, 0.5) is 5.95 Å². The Hall–Kier alpha value is -2.04. The molecule has 100 valence electrons. The highest BCUT2D eigenvalue weighted by Gasteiger charge is 2.09. The monoisotopic (exact) mass is 257 g/mol. The zero-order valence-electron chi connectivity index (χ0n) is 11.6. The van der Waals surface area contributed by atoms with Crippen LogP contribution in [0.15, 0.2) is 24.5 Å². The summed E-state index contributed by atoms with van der Waals surface area (Å²) in [5, 5.41) is 11.6. The fourth-order valence-corrected chi connectivity index (χ4v) is 1.93. The second kappa shape index (κ2) is 6.22. The van der Waals surface area contributed by atoms with Gasteiger partial charge in [-0.3, -0.25) is 4.98 Å². The van der Waals surface area contributed by atoms with E-state index in [0.29, 0.717) is 5.95 Å². The molecule has 0 aliphatic rings. The van der Waals surface area contributed by atoms with Crippen LogP contribution in [0, 0.1) is 0 Å². The Morgan fingerprint density at radius 2 is 1.74 bits per heavy atom. The summed E-state index contributed by atoms with van der Waals surface area (Å²) in [5.74, 6) is 0.582. The topological polar surface area (TPSA) is 63.6 Å². The lowest BCUT2D eigenvalue weighted by atomic mass is 10.1. The van der Waals surface area contributed by atoms with Crippen molar-refractivity contribution in [3.05, 3.63) is 41.5 Å². The molecule has 5 nitrogen and oxygen atoms in total. The molecule has 2 rings (SSSR count). The predicted molar refractivity (Wildman–Crippen MR) is 74.9 cm³/mol. The van der Waals surface area contributed by atoms with Gasteiger partial charge in [-0.15, -0.1) is 5.10 Å². The average Bonchev–Trinajstić information content (AvgIpc) is 2.48. The number of nitrogens with one attached hydrogen (secondary N) is 1. The zero-order chi connectivity index (χ0) is 13.7. The molecule has 1 atom stereocenters. The molecule has 2 aromatic heterocycles. The molecule has 1 unspecified atom stereocenters. The summed E-state index contributed by atoms with van der Waals surface area (Å²) < 4.78 is 0. The van der Waals surface area contributed by atoms with Gasteiger partial charge in [-0.1, -0.05) is 13.8 Å². The molecule has 0 fully saturated rings. The first kappa shape index (κ1) is 13.4. The highest BCUT2D eigenvalue weighted by Crippen LogP contribution is 2.16. The Morgan fingerprint density at radius 1 is 1.05 bits per heavy atom. The third kappa shape index (κ3) is 3.24. The van der Waals surface area contributed by atoms with E-state index < -0.39 is 0 Å². The molecule has 1 N–H and O–H groups in total. The van der Waals surface area contributed by atoms with Gasteiger partial charge in [0.25, 0.3) is 0 Å². The quantitative estimate of drug-likeness (QED) is 0.891. The highest BCUT2D eigenvalue weighted by atomic mass is 15.2. The van der Waals surface area contributed by atoms with Gasteiger partial charge >= 0.3 is 0 Å². The maximum Gasteiger partial charge on any atom is 0.243 e. The molecule has 0 amide bonds. The first-order chi connectivity index (χ1) is 9.24. The molecular weight excluding hydrogens is 238 g/mol. The molecule has 0 saturated heterocycles. The van der Waals surface area contributed by atoms with Crippen molar-refractivity contribution in [1.82, 2.24) is 20.2 Å². The summed E-state index contributed by atoms with van der Waals surface area (Å²) >= 11 is 0. The molecule has 0 aliphatic heterocycles. The number of nitrogens with zero attached hydrogens (tertiary/aromatic N) is 4. The van der Waals surface area contributed by atoms with Crippen LogP contribution in [0.2, 0.25) is 0 Å². The van der Waals surface area contributed by atoms with Crippen molar-refractivity contribution in [2.24, 2.45) is 0 Å². The van der Waals surface area contributed by atoms with Gasteiger partial charge in [-0.2, -0.15) is 5.10 Å². The number of anilines is 1. The van der Waals surface area contributed by atoms with Gasteiger partial charge < -0.3 is 5.32 Å². The van der Waals surface area contributed by atoms with E-state index >= 15 is 0 Å². The first-order valence-corrected chi connectivity index (χ1v) is 6.63. The molecule has 19 heavy (non-hydrogen) atoms. The van der Waals surface area contributed by atoms with Gasteiger partial charge in [0.15, 0.2) is 0 Å². The molecular formula is C14H19N5. The average molecular weight is 257 g/mol. The van der Waals surface area contributed by atoms with E-state index in [0.717, 1.165) is 29.8 Å². The minimum atomic E-state index is 0.127. The Morgan fingerprint density at radius 3 is 2.37 bits per heavy atom. The Kier molecular flexibility index (Phi) is 4.39. The van der Waals surface area contributed by atoms with Gasteiger partial charge in [-0.05, 0) is 37.5 Å². The summed E-state index contributed by atoms with van der Waals surface area (Å²) in [5.41, 5.74) is 3.14. The Labute approximate surface area is 113 Å². The maximum atomic E-state index is 4.53. The predicted octanol–water partition coefficient (Wildman–Crippen LogP) is 2.56. The third-order valence-corrected chi connectivity index (χ3v) is 3.06. The largest absolute Gasteiger partial charge is 0.346 e. The van der Waals surface area contributed by atoms with E-state index in [-0.39, 0.29) is 6.04 Å². The fourth-order valence-electron chi connectivity index (χ4n) is 1.93. The van der Waals surface area contributed by atoms with Crippen molar-refractivity contribution in [2.45, 2.75) is 39.7 Å². The lowest BCUT2D eigenvalue weighted by Gasteiger charge is -2.14. The first-order valence-electron chi connectivity index (χ1n) is 6.63. The standard InChI is InChI=1S/C14H19N5/c1-4-12-13(5-2)18-19-14(17-12)16-10(3)11-6-8-15-9-7-11/h6-10H,4-5H2,1-3H3,(H,16,17,19). The van der Waals surface area contributed by atoms with Gasteiger partial charge in [-0.25, -0.2) is 4.98 Å². The van der Waals surface area contributed by atoms with E-state index in [9.17, 15) is 0 Å². The number of hydrogen-bond donors (Lipinski definition) is 1. The number of pyridine rings is 1. The van der Waals surface area contributed by atoms with Crippen LogP contribution in [0.25, 0.3) is 0 Å². The van der Waals surface area contributed by atoms with Gasteiger partial charge in [0.05, 0.1) is 17.4 Å². The van der Waals surface area contributed by atoms with Crippen molar-refractivity contribution in [3.8, 4) is 0 Å². The van der Waals surface area contributed by atoms with Gasteiger partial charge in [0.2, 0.25) is 5.95 Å². The summed E-state index contributed by atoms with van der Waals surface area (Å²) in [6.07, 6.45) is 5.30. The van der Waals surface area contributed by atoms with Crippen molar-refractivity contribution in [1.29, 1.82) is 0 Å². The molecule has 0 aromatic carbocycles. The number of hydrogen-bond acceptors (Lipinski definition) is 5. The van der Waals surface area contributed by atoms with E-state index in [1.54, 1.807) is 12.4 Å². The van der Waals surface area contributed by atoms with Crippen LogP contribution < -0.4 is 5.32 Å². The summed E-state index contributed by atoms with van der Waals surface area (Å²) in [6, 6.07) is 4.08. The van der Waals surface area contributed by atoms with E-state index in [4.69, 9.17) is 0 Å². The van der Waals surface area contributed by atoms with E-state index in [1.807, 2.05) is 12.1 Å². The summed E-state index contributed by atoms with van der Waals surface area (Å²) in [7, 11) is 0. The van der Waals surface area contributed by atoms with E-state index in [2.05, 4.69) is 46.3 Å². The van der Waals surface area contributed by atoms with Crippen LogP contribution in [-0.4, -0.2) is 20.2 Å². The fraction of sp³-hybridized carbons (Fsp3) is 0.429. The highest BCUT2D eigenvalue weighted by molar-refractivity contribution is 5.31. The maximum absolute atomic E-state index is 4.53. The normalized spacial score (nSPS) is 12.2. The molecule has 2 heterocycles. The molecule has 0 aliphatic carbocycles. The van der Waals surface area contributed by atoms with Gasteiger partial charge in [0.1, 0.15) is 0 Å². The van der Waals surface area contributed by atoms with Crippen LogP contribution in [0.3, 0.4) is 0 Å². The third-order valence-electron chi connectivity index (χ3n) is 3.06. The van der Waals surface area contributed by atoms with Gasteiger partial charge in [0, 0.05) is 12.4 Å². The lowest BCUT2D eigenvalue weighted by Crippen LogP contribution is -2.12. The zero-order valence-corrected chi connectivity index (χ0v) is 11.6. The molecule has 0 saturated carbocycles. The minimum absolute atomic E-state index is 0.127. The second-order valence-corrected chi connectivity index (χ2v) is 4.38. The minimum Gasteiger partial charge on any atom is -0.346 e.